The van der Waals surface area contributed by atoms with E-state index in [1.54, 1.807) is 12.1 Å². The van der Waals surface area contributed by atoms with Gasteiger partial charge in [-0.05, 0) is 12.1 Å². The minimum Gasteiger partial charge on any atom is -0.463 e. The van der Waals surface area contributed by atoms with Crippen LogP contribution in [-0.4, -0.2) is 170 Å². The maximum absolute atomic E-state index is 14.0. The summed E-state index contributed by atoms with van der Waals surface area (Å²) in [5.74, 6) is -7.73. The molecule has 28 nitrogen and oxygen atoms in total. The summed E-state index contributed by atoms with van der Waals surface area (Å²) in [6.07, 6.45) is -17.9. The van der Waals surface area contributed by atoms with Crippen LogP contribution in [0.3, 0.4) is 0 Å². The fourth-order valence-corrected chi connectivity index (χ4v) is 7.45. The van der Waals surface area contributed by atoms with Gasteiger partial charge in [0.25, 0.3) is 11.4 Å². The van der Waals surface area contributed by atoms with Crippen molar-refractivity contribution in [2.75, 3.05) is 56.6 Å². The topological polar surface area (TPSA) is 352 Å². The van der Waals surface area contributed by atoms with Gasteiger partial charge in [0.05, 0.1) is 16.4 Å². The number of benzene rings is 2. The van der Waals surface area contributed by atoms with Crippen LogP contribution in [0.2, 0.25) is 0 Å². The number of hydrogen-bond acceptors (Lipinski definition) is 26. The molecule has 4 rings (SSSR count). The minimum absolute atomic E-state index is 0.00430. The number of nitro benzene ring substituents is 2. The van der Waals surface area contributed by atoms with Crippen LogP contribution in [0, 0.1) is 20.2 Å². The van der Waals surface area contributed by atoms with E-state index in [1.165, 1.54) is 41.3 Å². The number of nitro groups is 2. The van der Waals surface area contributed by atoms with Crippen molar-refractivity contribution in [3.63, 3.8) is 0 Å². The number of para-hydroxylation sites is 4. The first-order valence-electron chi connectivity index (χ1n) is 22.0. The van der Waals surface area contributed by atoms with Crippen molar-refractivity contribution in [1.29, 1.82) is 0 Å². The van der Waals surface area contributed by atoms with Crippen LogP contribution in [0.25, 0.3) is 0 Å². The van der Waals surface area contributed by atoms with Gasteiger partial charge in [-0.15, -0.1) is 0 Å². The normalized spacial score (nSPS) is 23.5. The third-order valence-corrected chi connectivity index (χ3v) is 10.2. The third kappa shape index (κ3) is 17.4. The molecule has 0 aliphatic carbocycles. The largest absolute Gasteiger partial charge is 0.463 e. The molecule has 10 atom stereocenters. The van der Waals surface area contributed by atoms with Crippen LogP contribution in [-0.2, 0) is 90.5 Å². The highest BCUT2D eigenvalue weighted by atomic mass is 16.8. The van der Waals surface area contributed by atoms with Gasteiger partial charge in [-0.25, -0.2) is 0 Å². The van der Waals surface area contributed by atoms with E-state index in [-0.39, 0.29) is 48.9 Å². The maximum Gasteiger partial charge on any atom is 0.322 e. The van der Waals surface area contributed by atoms with E-state index in [0.29, 0.717) is 0 Å². The van der Waals surface area contributed by atoms with Gasteiger partial charge in [-0.2, -0.15) is 0 Å². The van der Waals surface area contributed by atoms with Crippen LogP contribution >= 0.6 is 0 Å². The molecular weight excluding hydrogens is 966 g/mol. The predicted octanol–water partition coefficient (Wildman–Crippen LogP) is 1.49. The summed E-state index contributed by atoms with van der Waals surface area (Å²) in [6.45, 7) is 4.97. The van der Waals surface area contributed by atoms with Crippen molar-refractivity contribution in [3.8, 4) is 0 Å². The van der Waals surface area contributed by atoms with Crippen LogP contribution < -0.4 is 10.6 Å². The zero-order valence-electron chi connectivity index (χ0n) is 40.1. The average molecular weight is 1020 g/mol. The summed E-state index contributed by atoms with van der Waals surface area (Å²) in [4.78, 5) is 125. The molecule has 28 heteroatoms. The van der Waals surface area contributed by atoms with E-state index < -0.39 is 139 Å². The zero-order chi connectivity index (χ0) is 53.2. The molecule has 2 aliphatic rings. The Bertz CT molecular complexity index is 2230. The number of nitrogens with one attached hydrogen (secondary N) is 2. The van der Waals surface area contributed by atoms with Crippen LogP contribution in [0.15, 0.2) is 48.5 Å². The lowest BCUT2D eigenvalue weighted by Crippen LogP contribution is -2.67. The predicted molar refractivity (Wildman–Crippen MR) is 239 cm³/mol. The molecule has 0 radical (unpaired) electrons. The molecule has 72 heavy (non-hydrogen) atoms. The number of hydrogen-bond donors (Lipinski definition) is 2. The van der Waals surface area contributed by atoms with Gasteiger partial charge in [0.1, 0.15) is 42.9 Å². The maximum atomic E-state index is 14.0. The molecule has 0 saturated carbocycles. The Balaban J connectivity index is 1.72. The lowest BCUT2D eigenvalue weighted by molar-refractivity contribution is -0.384. The van der Waals surface area contributed by atoms with Crippen molar-refractivity contribution < 1.29 is 100 Å². The van der Waals surface area contributed by atoms with E-state index in [2.05, 4.69) is 10.6 Å². The number of nitrogens with zero attached hydrogens (tertiary/aromatic N) is 3. The van der Waals surface area contributed by atoms with E-state index in [0.717, 1.165) is 48.5 Å². The first-order chi connectivity index (χ1) is 34.0. The summed E-state index contributed by atoms with van der Waals surface area (Å²) in [7, 11) is 0. The Morgan fingerprint density at radius 3 is 1.32 bits per heavy atom. The lowest BCUT2D eigenvalue weighted by atomic mass is 9.96. The van der Waals surface area contributed by atoms with Gasteiger partial charge >= 0.3 is 47.8 Å². The monoisotopic (exact) mass is 1020 g/mol. The van der Waals surface area contributed by atoms with Gasteiger partial charge < -0.3 is 62.7 Å². The Morgan fingerprint density at radius 1 is 0.514 bits per heavy atom. The molecule has 2 aromatic rings. The number of rotatable bonds is 24. The molecule has 2 heterocycles. The molecule has 2 aliphatic heterocycles. The first kappa shape index (κ1) is 57.0. The molecule has 0 spiro atoms. The lowest BCUT2D eigenvalue weighted by Gasteiger charge is -2.48. The van der Waals surface area contributed by atoms with Crippen LogP contribution in [0.4, 0.5) is 22.7 Å². The van der Waals surface area contributed by atoms with Crippen molar-refractivity contribution in [2.24, 2.45) is 0 Å². The molecule has 2 N–H and O–H groups in total. The third-order valence-electron chi connectivity index (χ3n) is 10.2. The van der Waals surface area contributed by atoms with E-state index in [1.807, 2.05) is 0 Å². The molecule has 394 valence electrons. The van der Waals surface area contributed by atoms with Gasteiger partial charge in [0, 0.05) is 86.8 Å². The van der Waals surface area contributed by atoms with E-state index in [9.17, 15) is 58.6 Å². The van der Waals surface area contributed by atoms with Crippen LogP contribution in [0.1, 0.15) is 48.5 Å². The summed E-state index contributed by atoms with van der Waals surface area (Å²) >= 11 is 0. The number of carbonyl (C=O) groups excluding carboxylic acids is 8. The highest BCUT2D eigenvalue weighted by Crippen LogP contribution is 2.36. The second-order valence-electron chi connectivity index (χ2n) is 15.8. The SMILES string of the molecule is CC(=O)OC[C@H]1O[C@@H](O[C@H]2[C@H](OC(C)=O)[C@@H](OC(C)=O)[C@H](OC(=O)CN(CCNc3ccccc3[N+](=O)[O-])CCNc3ccccc3[N+](=O)[O-])O[C@@H]2COC(C)=O)[C@H](OC(C)=O)[C@@H](OC(C)=O)[C@H]1OC(C)=O. The quantitative estimate of drug-likeness (QED) is 0.0651. The Kier molecular flexibility index (Phi) is 21.5. The highest BCUT2D eigenvalue weighted by Gasteiger charge is 2.58. The second kappa shape index (κ2) is 27.2. The minimum atomic E-state index is -1.99. The summed E-state index contributed by atoms with van der Waals surface area (Å²) in [5.41, 5.74) is -0.123. The van der Waals surface area contributed by atoms with E-state index >= 15 is 0 Å². The van der Waals surface area contributed by atoms with Crippen molar-refractivity contribution in [1.82, 2.24) is 4.90 Å². The fraction of sp³-hybridized carbons (Fsp3) is 0.545. The summed E-state index contributed by atoms with van der Waals surface area (Å²) in [5, 5.41) is 29.2. The molecule has 0 aromatic heterocycles. The summed E-state index contributed by atoms with van der Waals surface area (Å²) < 4.78 is 62.3. The summed E-state index contributed by atoms with van der Waals surface area (Å²) in [6, 6.07) is 11.6. The molecule has 0 unspecified atom stereocenters. The number of anilines is 2. The van der Waals surface area contributed by atoms with Gasteiger partial charge in [-0.3, -0.25) is 63.5 Å². The number of esters is 8. The van der Waals surface area contributed by atoms with E-state index in [4.69, 9.17) is 52.1 Å². The molecule has 2 aromatic carbocycles. The average Bonchev–Trinajstić information content (AvgIpc) is 3.28. The Labute approximate surface area is 410 Å². The molecule has 0 amide bonds. The highest BCUT2D eigenvalue weighted by molar-refractivity contribution is 5.72. The molecule has 2 fully saturated rings. The molecule has 2 saturated heterocycles. The van der Waals surface area contributed by atoms with Crippen LogP contribution in [0.5, 0.6) is 0 Å². The first-order valence-corrected chi connectivity index (χ1v) is 22.0. The number of carbonyl (C=O) groups is 8. The Hall–Kier alpha value is -7.56. The van der Waals surface area contributed by atoms with Crippen molar-refractivity contribution >= 4 is 70.5 Å². The van der Waals surface area contributed by atoms with Crippen molar-refractivity contribution in [2.45, 2.75) is 110 Å². The standard InChI is InChI=1S/C44H55N5O23/c1-23(50)62-21-34-37(64-25(3)52)39(65-26(4)53)42(68-29(7)56)44(70-34)72-38-35(22-63-24(2)51)69-43(41(67-28(6)55)40(38)66-27(5)54)71-36(57)20-47(18-16-45-30-12-8-10-14-32(30)48(58)59)19-17-46-31-13-9-11-15-33(31)49(60)61/h8-15,34-35,37-46H,16-22H2,1-7H3/t34-,35-,37+,38-,39+,40+,41-,42-,43+,44+/m1/s1. The smallest absolute Gasteiger partial charge is 0.322 e. The van der Waals surface area contributed by atoms with Gasteiger partial charge in [0.2, 0.25) is 12.4 Å². The number of ether oxygens (including phenoxy) is 11. The zero-order valence-corrected chi connectivity index (χ0v) is 40.1. The van der Waals surface area contributed by atoms with Gasteiger partial charge in [-0.1, -0.05) is 24.3 Å². The van der Waals surface area contributed by atoms with Crippen molar-refractivity contribution in [3.05, 3.63) is 68.8 Å². The molecular formula is C44H55N5O23. The van der Waals surface area contributed by atoms with Gasteiger partial charge in [0.15, 0.2) is 30.7 Å². The fourth-order valence-electron chi connectivity index (χ4n) is 7.45. The Morgan fingerprint density at radius 2 is 0.889 bits per heavy atom. The second-order valence-corrected chi connectivity index (χ2v) is 15.8. The molecule has 0 bridgehead atoms.